The molecule has 1 N–H and O–H groups in total. The van der Waals surface area contributed by atoms with Crippen molar-refractivity contribution in [3.63, 3.8) is 0 Å². The van der Waals surface area contributed by atoms with E-state index in [1.807, 2.05) is 0 Å². The number of carbonyl (C=O) groups is 2. The summed E-state index contributed by atoms with van der Waals surface area (Å²) in [6.07, 6.45) is 1.46. The molecule has 1 heterocycles. The maximum absolute atomic E-state index is 11.1. The Morgan fingerprint density at radius 3 is 2.28 bits per heavy atom. The number of carboxylic acid groups (broad SMARTS) is 1. The van der Waals surface area contributed by atoms with Crippen LogP contribution < -0.4 is 0 Å². The van der Waals surface area contributed by atoms with Crippen LogP contribution in [-0.4, -0.2) is 21.8 Å². The van der Waals surface area contributed by atoms with Crippen LogP contribution in [-0.2, 0) is 0 Å². The van der Waals surface area contributed by atoms with Gasteiger partial charge in [0.25, 0.3) is 0 Å². The summed E-state index contributed by atoms with van der Waals surface area (Å²) < 4.78 is 0. The standard InChI is InChI=1S/C14H11NO3/c1-9(16)10-2-4-11(5-3-10)12-6-7-15-13(8-12)14(17)18/h2-8H,1H3,(H,17,18). The molecule has 1 aromatic heterocycles. The normalized spacial score (nSPS) is 10.1. The van der Waals surface area contributed by atoms with Crippen molar-refractivity contribution in [1.29, 1.82) is 0 Å². The second kappa shape index (κ2) is 4.79. The van der Waals surface area contributed by atoms with Gasteiger partial charge < -0.3 is 5.11 Å². The van der Waals surface area contributed by atoms with Gasteiger partial charge in [-0.15, -0.1) is 0 Å². The molecule has 0 aliphatic rings. The molecule has 0 aliphatic heterocycles. The summed E-state index contributed by atoms with van der Waals surface area (Å²) in [6.45, 7) is 1.50. The highest BCUT2D eigenvalue weighted by Gasteiger charge is 2.06. The number of nitrogens with zero attached hydrogens (tertiary/aromatic N) is 1. The topological polar surface area (TPSA) is 67.3 Å². The molecule has 0 spiro atoms. The third-order valence-electron chi connectivity index (χ3n) is 2.60. The highest BCUT2D eigenvalue weighted by atomic mass is 16.4. The Hall–Kier alpha value is -2.49. The van der Waals surface area contributed by atoms with E-state index in [0.717, 1.165) is 11.1 Å². The van der Waals surface area contributed by atoms with Gasteiger partial charge in [0.15, 0.2) is 5.78 Å². The van der Waals surface area contributed by atoms with Crippen LogP contribution in [0.15, 0.2) is 42.6 Å². The molecule has 0 radical (unpaired) electrons. The molecular formula is C14H11NO3. The summed E-state index contributed by atoms with van der Waals surface area (Å²) in [6, 6.07) is 10.3. The lowest BCUT2D eigenvalue weighted by molar-refractivity contribution is 0.0690. The number of carboxylic acids is 1. The predicted octanol–water partition coefficient (Wildman–Crippen LogP) is 2.65. The number of aromatic nitrogens is 1. The molecule has 0 atom stereocenters. The zero-order chi connectivity index (χ0) is 13.1. The number of benzene rings is 1. The van der Waals surface area contributed by atoms with Crippen LogP contribution >= 0.6 is 0 Å². The summed E-state index contributed by atoms with van der Waals surface area (Å²) in [5, 5.41) is 8.87. The number of ketones is 1. The van der Waals surface area contributed by atoms with Crippen molar-refractivity contribution in [3.8, 4) is 11.1 Å². The molecule has 4 heteroatoms. The molecule has 0 amide bonds. The van der Waals surface area contributed by atoms with Gasteiger partial charge >= 0.3 is 5.97 Å². The highest BCUT2D eigenvalue weighted by Crippen LogP contribution is 2.20. The Morgan fingerprint density at radius 2 is 1.72 bits per heavy atom. The third-order valence-corrected chi connectivity index (χ3v) is 2.60. The highest BCUT2D eigenvalue weighted by molar-refractivity contribution is 5.94. The van der Waals surface area contributed by atoms with Gasteiger partial charge in [0.1, 0.15) is 5.69 Å². The minimum atomic E-state index is -1.06. The van der Waals surface area contributed by atoms with E-state index in [2.05, 4.69) is 4.98 Å². The van der Waals surface area contributed by atoms with Crippen molar-refractivity contribution in [2.45, 2.75) is 6.92 Å². The van der Waals surface area contributed by atoms with Crippen LogP contribution in [0.3, 0.4) is 0 Å². The number of rotatable bonds is 3. The Kier molecular flexibility index (Phi) is 3.19. The van der Waals surface area contributed by atoms with E-state index in [0.29, 0.717) is 5.56 Å². The van der Waals surface area contributed by atoms with E-state index in [1.54, 1.807) is 30.3 Å². The molecule has 0 fully saturated rings. The van der Waals surface area contributed by atoms with Gasteiger partial charge in [-0.25, -0.2) is 9.78 Å². The van der Waals surface area contributed by atoms with E-state index in [-0.39, 0.29) is 11.5 Å². The van der Waals surface area contributed by atoms with Crippen LogP contribution in [0.25, 0.3) is 11.1 Å². The zero-order valence-electron chi connectivity index (χ0n) is 9.75. The number of carbonyl (C=O) groups excluding carboxylic acids is 1. The van der Waals surface area contributed by atoms with Crippen molar-refractivity contribution < 1.29 is 14.7 Å². The van der Waals surface area contributed by atoms with Crippen LogP contribution in [0.2, 0.25) is 0 Å². The quantitative estimate of drug-likeness (QED) is 0.839. The summed E-state index contributed by atoms with van der Waals surface area (Å²) >= 11 is 0. The molecule has 18 heavy (non-hydrogen) atoms. The Bertz CT molecular complexity index is 603. The Labute approximate surface area is 104 Å². The molecular weight excluding hydrogens is 230 g/mol. The minimum Gasteiger partial charge on any atom is -0.477 e. The molecule has 1 aromatic carbocycles. The summed E-state index contributed by atoms with van der Waals surface area (Å²) in [4.78, 5) is 25.7. The molecule has 4 nitrogen and oxygen atoms in total. The summed E-state index contributed by atoms with van der Waals surface area (Å²) in [5.74, 6) is -1.06. The summed E-state index contributed by atoms with van der Waals surface area (Å²) in [7, 11) is 0. The van der Waals surface area contributed by atoms with Crippen LogP contribution in [0.4, 0.5) is 0 Å². The molecule has 2 rings (SSSR count). The number of aromatic carboxylic acids is 1. The number of hydrogen-bond donors (Lipinski definition) is 1. The van der Waals surface area contributed by atoms with Crippen molar-refractivity contribution in [2.24, 2.45) is 0 Å². The van der Waals surface area contributed by atoms with Crippen LogP contribution in [0.5, 0.6) is 0 Å². The minimum absolute atomic E-state index is 0.00232. The van der Waals surface area contributed by atoms with Crippen molar-refractivity contribution in [1.82, 2.24) is 4.98 Å². The van der Waals surface area contributed by atoms with Crippen LogP contribution in [0, 0.1) is 0 Å². The first-order chi connectivity index (χ1) is 8.58. The molecule has 0 saturated heterocycles. The molecule has 2 aromatic rings. The van der Waals surface area contributed by atoms with Crippen molar-refractivity contribution >= 4 is 11.8 Å². The Balaban J connectivity index is 2.39. The fourth-order valence-electron chi connectivity index (χ4n) is 1.62. The van der Waals surface area contributed by atoms with E-state index in [9.17, 15) is 9.59 Å². The van der Waals surface area contributed by atoms with E-state index < -0.39 is 5.97 Å². The summed E-state index contributed by atoms with van der Waals surface area (Å²) in [5.41, 5.74) is 2.25. The Morgan fingerprint density at radius 1 is 1.06 bits per heavy atom. The fourth-order valence-corrected chi connectivity index (χ4v) is 1.62. The van der Waals surface area contributed by atoms with Gasteiger partial charge in [0, 0.05) is 11.8 Å². The van der Waals surface area contributed by atoms with E-state index in [4.69, 9.17) is 5.11 Å². The largest absolute Gasteiger partial charge is 0.477 e. The average Bonchev–Trinajstić information content (AvgIpc) is 2.39. The van der Waals surface area contributed by atoms with E-state index >= 15 is 0 Å². The third kappa shape index (κ3) is 2.43. The molecule has 0 bridgehead atoms. The second-order valence-corrected chi connectivity index (χ2v) is 3.87. The second-order valence-electron chi connectivity index (χ2n) is 3.87. The number of hydrogen-bond acceptors (Lipinski definition) is 3. The van der Waals surface area contributed by atoms with Crippen molar-refractivity contribution in [3.05, 3.63) is 53.9 Å². The smallest absolute Gasteiger partial charge is 0.354 e. The zero-order valence-corrected chi connectivity index (χ0v) is 9.75. The lowest BCUT2D eigenvalue weighted by Crippen LogP contribution is -1.99. The predicted molar refractivity (Wildman–Crippen MR) is 66.6 cm³/mol. The molecule has 0 saturated carbocycles. The SMILES string of the molecule is CC(=O)c1ccc(-c2ccnc(C(=O)O)c2)cc1. The van der Waals surface area contributed by atoms with Gasteiger partial charge in [-0.05, 0) is 30.2 Å². The maximum atomic E-state index is 11.1. The van der Waals surface area contributed by atoms with Gasteiger partial charge in [0.05, 0.1) is 0 Å². The molecule has 0 aliphatic carbocycles. The molecule has 90 valence electrons. The lowest BCUT2D eigenvalue weighted by Gasteiger charge is -2.03. The first-order valence-electron chi connectivity index (χ1n) is 5.38. The monoisotopic (exact) mass is 241 g/mol. The van der Waals surface area contributed by atoms with E-state index in [1.165, 1.54) is 19.2 Å². The van der Waals surface area contributed by atoms with Crippen LogP contribution in [0.1, 0.15) is 27.8 Å². The maximum Gasteiger partial charge on any atom is 0.354 e. The van der Waals surface area contributed by atoms with Gasteiger partial charge in [0.2, 0.25) is 0 Å². The number of pyridine rings is 1. The first-order valence-corrected chi connectivity index (χ1v) is 5.38. The molecule has 0 unspecified atom stereocenters. The lowest BCUT2D eigenvalue weighted by atomic mass is 10.0. The first kappa shape index (κ1) is 12.0. The average molecular weight is 241 g/mol. The number of Topliss-reactive ketones (excluding diaryl/α,β-unsaturated/α-hetero) is 1. The van der Waals surface area contributed by atoms with Gasteiger partial charge in [-0.3, -0.25) is 4.79 Å². The van der Waals surface area contributed by atoms with Gasteiger partial charge in [-0.2, -0.15) is 0 Å². The van der Waals surface area contributed by atoms with Gasteiger partial charge in [-0.1, -0.05) is 24.3 Å². The fraction of sp³-hybridized carbons (Fsp3) is 0.0714. The van der Waals surface area contributed by atoms with Crippen molar-refractivity contribution in [2.75, 3.05) is 0 Å².